The Labute approximate surface area is 112 Å². The minimum Gasteiger partial charge on any atom is -0.377 e. The van der Waals surface area contributed by atoms with Crippen LogP contribution in [0, 0.1) is 31.1 Å². The average molecular weight is 258 g/mol. The summed E-state index contributed by atoms with van der Waals surface area (Å²) in [5, 5.41) is 12.6. The minimum atomic E-state index is 0.0980. The van der Waals surface area contributed by atoms with Crippen molar-refractivity contribution < 1.29 is 4.74 Å². The van der Waals surface area contributed by atoms with Crippen LogP contribution in [0.4, 0.5) is 5.69 Å². The van der Waals surface area contributed by atoms with Gasteiger partial charge in [-0.1, -0.05) is 0 Å². The first kappa shape index (κ1) is 12.4. The topological polar surface area (TPSA) is 84.0 Å². The summed E-state index contributed by atoms with van der Waals surface area (Å²) in [6.45, 7) is 4.57. The zero-order valence-corrected chi connectivity index (χ0v) is 11.2. The number of hydrogen-bond acceptors (Lipinski definition) is 5. The number of anilines is 1. The van der Waals surface area contributed by atoms with Gasteiger partial charge in [0.1, 0.15) is 6.07 Å². The first-order valence-corrected chi connectivity index (χ1v) is 6.64. The number of nitrogens with two attached hydrogens (primary N) is 1. The molecule has 2 fully saturated rings. The predicted molar refractivity (Wildman–Crippen MR) is 71.7 cm³/mol. The van der Waals surface area contributed by atoms with Crippen molar-refractivity contribution in [1.29, 1.82) is 5.26 Å². The molecule has 4 atom stereocenters. The Kier molecular flexibility index (Phi) is 2.92. The number of nitrogens with zero attached hydrogens (tertiary/aromatic N) is 2. The number of nitrogens with one attached hydrogen (secondary N) is 1. The van der Waals surface area contributed by atoms with Gasteiger partial charge in [-0.25, -0.2) is 0 Å². The van der Waals surface area contributed by atoms with Crippen LogP contribution in [-0.2, 0) is 4.74 Å². The number of aryl methyl sites for hydroxylation is 2. The highest BCUT2D eigenvalue weighted by atomic mass is 16.5. The van der Waals surface area contributed by atoms with Crippen molar-refractivity contribution >= 4 is 5.69 Å². The molecule has 1 aromatic rings. The lowest BCUT2D eigenvalue weighted by atomic mass is 9.72. The number of aromatic nitrogens is 1. The van der Waals surface area contributed by atoms with E-state index < -0.39 is 0 Å². The number of nitriles is 1. The molecule has 1 aliphatic heterocycles. The largest absolute Gasteiger partial charge is 0.377 e. The van der Waals surface area contributed by atoms with E-state index >= 15 is 0 Å². The van der Waals surface area contributed by atoms with Crippen LogP contribution in [0.2, 0.25) is 0 Å². The van der Waals surface area contributed by atoms with Gasteiger partial charge < -0.3 is 15.8 Å². The summed E-state index contributed by atoms with van der Waals surface area (Å²) in [4.78, 5) is 4.32. The lowest BCUT2D eigenvalue weighted by Gasteiger charge is -2.46. The number of hydrogen-bond donors (Lipinski definition) is 2. The molecule has 3 N–H and O–H groups in total. The zero-order valence-electron chi connectivity index (χ0n) is 11.2. The molecule has 1 saturated heterocycles. The van der Waals surface area contributed by atoms with Crippen LogP contribution >= 0.6 is 0 Å². The molecule has 1 aliphatic carbocycles. The first-order valence-electron chi connectivity index (χ1n) is 6.64. The summed E-state index contributed by atoms with van der Waals surface area (Å²) in [6, 6.07) is 4.32. The van der Waals surface area contributed by atoms with E-state index in [0.29, 0.717) is 11.5 Å². The molecule has 0 bridgehead atoms. The molecule has 3 rings (SSSR count). The van der Waals surface area contributed by atoms with Crippen molar-refractivity contribution in [2.24, 2.45) is 11.7 Å². The minimum absolute atomic E-state index is 0.0980. The van der Waals surface area contributed by atoms with Crippen molar-refractivity contribution in [2.75, 3.05) is 11.9 Å². The zero-order chi connectivity index (χ0) is 13.6. The molecule has 0 spiro atoms. The summed E-state index contributed by atoms with van der Waals surface area (Å²) in [5.41, 5.74) is 9.25. The molecule has 2 heterocycles. The monoisotopic (exact) mass is 258 g/mol. The Morgan fingerprint density at radius 1 is 1.53 bits per heavy atom. The molecule has 0 radical (unpaired) electrons. The highest BCUT2D eigenvalue weighted by molar-refractivity contribution is 5.61. The summed E-state index contributed by atoms with van der Waals surface area (Å²) >= 11 is 0. The summed E-state index contributed by atoms with van der Waals surface area (Å²) in [6.07, 6.45) is 1.24. The molecule has 5 nitrogen and oxygen atoms in total. The van der Waals surface area contributed by atoms with Crippen molar-refractivity contribution in [3.8, 4) is 6.07 Å². The maximum Gasteiger partial charge on any atom is 0.103 e. The standard InChI is InChI=1S/C14H18N4O/c1-7-5-11(10(6-15)8(2)17-7)18-13-12(16)9-3-4-19-14(9)13/h5,9,12-14H,3-4,16H2,1-2H3,(H,17,18). The maximum atomic E-state index is 9.25. The van der Waals surface area contributed by atoms with E-state index in [4.69, 9.17) is 10.5 Å². The fraction of sp³-hybridized carbons (Fsp3) is 0.571. The van der Waals surface area contributed by atoms with Crippen molar-refractivity contribution in [2.45, 2.75) is 38.5 Å². The van der Waals surface area contributed by atoms with Crippen LogP contribution in [0.5, 0.6) is 0 Å². The number of pyridine rings is 1. The van der Waals surface area contributed by atoms with Gasteiger partial charge in [-0.2, -0.15) is 5.26 Å². The van der Waals surface area contributed by atoms with Crippen LogP contribution in [0.1, 0.15) is 23.4 Å². The van der Waals surface area contributed by atoms with Crippen molar-refractivity contribution in [1.82, 2.24) is 4.98 Å². The molecule has 1 saturated carbocycles. The first-order chi connectivity index (χ1) is 9.11. The van der Waals surface area contributed by atoms with Crippen LogP contribution in [-0.4, -0.2) is 29.8 Å². The third-order valence-corrected chi connectivity index (χ3v) is 4.21. The summed E-state index contributed by atoms with van der Waals surface area (Å²) in [7, 11) is 0. The fourth-order valence-electron chi connectivity index (χ4n) is 3.19. The number of ether oxygens (including phenoxy) is 1. The van der Waals surface area contributed by atoms with E-state index in [1.165, 1.54) is 0 Å². The highest BCUT2D eigenvalue weighted by Crippen LogP contribution is 2.39. The van der Waals surface area contributed by atoms with Gasteiger partial charge >= 0.3 is 0 Å². The van der Waals surface area contributed by atoms with Gasteiger partial charge in [-0.3, -0.25) is 4.98 Å². The molecular formula is C14H18N4O. The van der Waals surface area contributed by atoms with Crippen LogP contribution in [0.3, 0.4) is 0 Å². The normalized spacial score (nSPS) is 32.3. The fourth-order valence-corrected chi connectivity index (χ4v) is 3.19. The van der Waals surface area contributed by atoms with Gasteiger partial charge in [0.05, 0.1) is 29.1 Å². The molecule has 19 heavy (non-hydrogen) atoms. The molecule has 4 unspecified atom stereocenters. The van der Waals surface area contributed by atoms with Gasteiger partial charge in [0, 0.05) is 24.3 Å². The van der Waals surface area contributed by atoms with E-state index in [0.717, 1.165) is 30.1 Å². The third-order valence-electron chi connectivity index (χ3n) is 4.21. The lowest BCUT2D eigenvalue weighted by Crippen LogP contribution is -2.65. The molecular weight excluding hydrogens is 240 g/mol. The Morgan fingerprint density at radius 3 is 3.05 bits per heavy atom. The SMILES string of the molecule is Cc1cc(NC2C(N)C3CCOC32)c(C#N)c(C)n1. The second-order valence-electron chi connectivity index (χ2n) is 5.42. The average Bonchev–Trinajstić information content (AvgIpc) is 2.80. The predicted octanol–water partition coefficient (Wildman–Crippen LogP) is 1.10. The summed E-state index contributed by atoms with van der Waals surface area (Å²) < 4.78 is 5.70. The van der Waals surface area contributed by atoms with Gasteiger partial charge in [0.2, 0.25) is 0 Å². The van der Waals surface area contributed by atoms with Gasteiger partial charge in [0.25, 0.3) is 0 Å². The van der Waals surface area contributed by atoms with E-state index in [1.807, 2.05) is 19.9 Å². The Hall–Kier alpha value is -1.64. The Balaban J connectivity index is 1.86. The molecule has 0 amide bonds. The Morgan fingerprint density at radius 2 is 2.32 bits per heavy atom. The third kappa shape index (κ3) is 1.88. The molecule has 1 aromatic heterocycles. The number of rotatable bonds is 2. The lowest BCUT2D eigenvalue weighted by molar-refractivity contribution is 0.00536. The second kappa shape index (κ2) is 4.48. The van der Waals surface area contributed by atoms with E-state index in [2.05, 4.69) is 16.4 Å². The maximum absolute atomic E-state index is 9.25. The van der Waals surface area contributed by atoms with E-state index in [9.17, 15) is 5.26 Å². The van der Waals surface area contributed by atoms with Crippen LogP contribution < -0.4 is 11.1 Å². The second-order valence-corrected chi connectivity index (χ2v) is 5.42. The highest BCUT2D eigenvalue weighted by Gasteiger charge is 2.52. The van der Waals surface area contributed by atoms with Crippen molar-refractivity contribution in [3.05, 3.63) is 23.0 Å². The molecule has 100 valence electrons. The van der Waals surface area contributed by atoms with Crippen LogP contribution in [0.25, 0.3) is 0 Å². The molecule has 2 aliphatic rings. The smallest absolute Gasteiger partial charge is 0.103 e. The summed E-state index contributed by atoms with van der Waals surface area (Å²) in [5.74, 6) is 0.465. The van der Waals surface area contributed by atoms with Gasteiger partial charge in [0.15, 0.2) is 0 Å². The van der Waals surface area contributed by atoms with Crippen molar-refractivity contribution in [3.63, 3.8) is 0 Å². The number of fused-ring (bicyclic) bond motifs is 1. The van der Waals surface area contributed by atoms with Gasteiger partial charge in [-0.15, -0.1) is 0 Å². The van der Waals surface area contributed by atoms with E-state index in [-0.39, 0.29) is 18.2 Å². The quantitative estimate of drug-likeness (QED) is 0.829. The molecule has 5 heteroatoms. The molecule has 0 aromatic carbocycles. The van der Waals surface area contributed by atoms with E-state index in [1.54, 1.807) is 0 Å². The van der Waals surface area contributed by atoms with Gasteiger partial charge in [-0.05, 0) is 26.3 Å². The van der Waals surface area contributed by atoms with Crippen LogP contribution in [0.15, 0.2) is 6.07 Å². The Bertz CT molecular complexity index is 551.